The lowest BCUT2D eigenvalue weighted by atomic mass is 9.96. The summed E-state index contributed by atoms with van der Waals surface area (Å²) in [7, 11) is 0. The molecule has 4 nitrogen and oxygen atoms in total. The fraction of sp³-hybridized carbons (Fsp3) is 0.538. The summed E-state index contributed by atoms with van der Waals surface area (Å²) in [6, 6.07) is 6.06. The molecule has 3 N–H and O–H groups in total. The van der Waals surface area contributed by atoms with Crippen molar-refractivity contribution in [3.8, 4) is 11.5 Å². The number of hydrogen-bond acceptors (Lipinski definition) is 4. The standard InChI is InChI=1S/C13H20N2O2/c1-9(2)8-11(15-14)10-4-3-5-12-13(10)17-7-6-16-12/h3-5,9,11,15H,6-8,14H2,1-2H3. The van der Waals surface area contributed by atoms with Gasteiger partial charge >= 0.3 is 0 Å². The summed E-state index contributed by atoms with van der Waals surface area (Å²) in [5.41, 5.74) is 3.95. The van der Waals surface area contributed by atoms with E-state index in [0.717, 1.165) is 23.5 Å². The van der Waals surface area contributed by atoms with Crippen LogP contribution in [0.25, 0.3) is 0 Å². The largest absolute Gasteiger partial charge is 0.486 e. The van der Waals surface area contributed by atoms with Crippen LogP contribution in [0.3, 0.4) is 0 Å². The van der Waals surface area contributed by atoms with E-state index in [1.807, 2.05) is 18.2 Å². The molecule has 0 saturated heterocycles. The van der Waals surface area contributed by atoms with Gasteiger partial charge in [-0.1, -0.05) is 26.0 Å². The molecule has 1 aromatic carbocycles. The molecule has 1 heterocycles. The minimum atomic E-state index is 0.103. The van der Waals surface area contributed by atoms with E-state index >= 15 is 0 Å². The summed E-state index contributed by atoms with van der Waals surface area (Å²) < 4.78 is 11.3. The van der Waals surface area contributed by atoms with Crippen molar-refractivity contribution in [3.63, 3.8) is 0 Å². The van der Waals surface area contributed by atoms with Crippen LogP contribution in [0.15, 0.2) is 18.2 Å². The molecule has 0 radical (unpaired) electrons. The molecular formula is C13H20N2O2. The van der Waals surface area contributed by atoms with Crippen molar-refractivity contribution in [2.24, 2.45) is 11.8 Å². The predicted octanol–water partition coefficient (Wildman–Crippen LogP) is 2.01. The summed E-state index contributed by atoms with van der Waals surface area (Å²) in [4.78, 5) is 0. The van der Waals surface area contributed by atoms with Gasteiger partial charge in [-0.05, 0) is 18.4 Å². The van der Waals surface area contributed by atoms with Crippen molar-refractivity contribution in [1.29, 1.82) is 0 Å². The fourth-order valence-electron chi connectivity index (χ4n) is 2.13. The first-order chi connectivity index (χ1) is 8.22. The smallest absolute Gasteiger partial charge is 0.166 e. The Morgan fingerprint density at radius 3 is 2.76 bits per heavy atom. The van der Waals surface area contributed by atoms with Gasteiger partial charge in [0.05, 0.1) is 6.04 Å². The minimum Gasteiger partial charge on any atom is -0.486 e. The van der Waals surface area contributed by atoms with Crippen molar-refractivity contribution in [2.75, 3.05) is 13.2 Å². The molecule has 4 heteroatoms. The topological polar surface area (TPSA) is 56.5 Å². The molecule has 1 atom stereocenters. The zero-order valence-electron chi connectivity index (χ0n) is 10.4. The number of hydrazine groups is 1. The summed E-state index contributed by atoms with van der Waals surface area (Å²) >= 11 is 0. The van der Waals surface area contributed by atoms with Crippen LogP contribution in [0.4, 0.5) is 0 Å². The molecule has 17 heavy (non-hydrogen) atoms. The summed E-state index contributed by atoms with van der Waals surface area (Å²) in [6.45, 7) is 5.57. The van der Waals surface area contributed by atoms with Crippen LogP contribution in [0, 0.1) is 5.92 Å². The first-order valence-corrected chi connectivity index (χ1v) is 6.07. The highest BCUT2D eigenvalue weighted by atomic mass is 16.6. The number of ether oxygens (including phenoxy) is 2. The molecule has 0 saturated carbocycles. The number of rotatable bonds is 4. The second-order valence-electron chi connectivity index (χ2n) is 4.72. The van der Waals surface area contributed by atoms with Crippen molar-refractivity contribution >= 4 is 0 Å². The Bertz CT molecular complexity index is 380. The number of nitrogens with one attached hydrogen (secondary N) is 1. The molecule has 1 aliphatic heterocycles. The Hall–Kier alpha value is -1.26. The molecule has 0 amide bonds. The summed E-state index contributed by atoms with van der Waals surface area (Å²) in [5, 5.41) is 0. The highest BCUT2D eigenvalue weighted by molar-refractivity contribution is 5.48. The van der Waals surface area contributed by atoms with Gasteiger partial charge in [0, 0.05) is 5.56 Å². The molecule has 94 valence electrons. The zero-order valence-corrected chi connectivity index (χ0v) is 10.4. The van der Waals surface area contributed by atoms with Crippen LogP contribution in [0.1, 0.15) is 31.9 Å². The molecule has 0 fully saturated rings. The molecule has 0 aliphatic carbocycles. The lowest BCUT2D eigenvalue weighted by Crippen LogP contribution is -2.30. The minimum absolute atomic E-state index is 0.103. The molecule has 0 aromatic heterocycles. The van der Waals surface area contributed by atoms with Gasteiger partial charge in [-0.25, -0.2) is 0 Å². The molecular weight excluding hydrogens is 216 g/mol. The third-order valence-electron chi connectivity index (χ3n) is 2.88. The normalized spacial score (nSPS) is 16.0. The third-order valence-corrected chi connectivity index (χ3v) is 2.88. The van der Waals surface area contributed by atoms with Crippen molar-refractivity contribution in [1.82, 2.24) is 5.43 Å². The van der Waals surface area contributed by atoms with Gasteiger partial charge in [0.25, 0.3) is 0 Å². The Morgan fingerprint density at radius 1 is 1.29 bits per heavy atom. The molecule has 2 rings (SSSR count). The van der Waals surface area contributed by atoms with E-state index in [4.69, 9.17) is 15.3 Å². The Morgan fingerprint density at radius 2 is 2.06 bits per heavy atom. The molecule has 1 aromatic rings. The lowest BCUT2D eigenvalue weighted by molar-refractivity contribution is 0.168. The zero-order chi connectivity index (χ0) is 12.3. The van der Waals surface area contributed by atoms with Crippen LogP contribution in [-0.4, -0.2) is 13.2 Å². The van der Waals surface area contributed by atoms with Gasteiger partial charge in [-0.15, -0.1) is 0 Å². The Balaban J connectivity index is 2.29. The van der Waals surface area contributed by atoms with Crippen molar-refractivity contribution in [3.05, 3.63) is 23.8 Å². The maximum Gasteiger partial charge on any atom is 0.166 e. The van der Waals surface area contributed by atoms with Gasteiger partial charge in [0.1, 0.15) is 13.2 Å². The highest BCUT2D eigenvalue weighted by Crippen LogP contribution is 2.38. The average molecular weight is 236 g/mol. The first-order valence-electron chi connectivity index (χ1n) is 6.07. The van der Waals surface area contributed by atoms with Gasteiger partial charge in [-0.2, -0.15) is 0 Å². The maximum atomic E-state index is 5.70. The number of fused-ring (bicyclic) bond motifs is 1. The van der Waals surface area contributed by atoms with E-state index in [9.17, 15) is 0 Å². The van der Waals surface area contributed by atoms with E-state index in [0.29, 0.717) is 19.1 Å². The van der Waals surface area contributed by atoms with Gasteiger partial charge < -0.3 is 9.47 Å². The monoisotopic (exact) mass is 236 g/mol. The van der Waals surface area contributed by atoms with Crippen LogP contribution in [-0.2, 0) is 0 Å². The lowest BCUT2D eigenvalue weighted by Gasteiger charge is -2.25. The maximum absolute atomic E-state index is 5.70. The molecule has 0 bridgehead atoms. The second kappa shape index (κ2) is 5.38. The van der Waals surface area contributed by atoms with Crippen LogP contribution < -0.4 is 20.7 Å². The van der Waals surface area contributed by atoms with Crippen LogP contribution >= 0.6 is 0 Å². The summed E-state index contributed by atoms with van der Waals surface area (Å²) in [6.07, 6.45) is 0.969. The van der Waals surface area contributed by atoms with E-state index < -0.39 is 0 Å². The third kappa shape index (κ3) is 2.70. The van der Waals surface area contributed by atoms with Gasteiger partial charge in [0.2, 0.25) is 0 Å². The SMILES string of the molecule is CC(C)CC(NN)c1cccc2c1OCCO2. The number of benzene rings is 1. The van der Waals surface area contributed by atoms with E-state index in [1.165, 1.54) is 0 Å². The van der Waals surface area contributed by atoms with Crippen molar-refractivity contribution in [2.45, 2.75) is 26.3 Å². The Kier molecular flexibility index (Phi) is 3.86. The Labute approximate surface area is 102 Å². The molecule has 1 aliphatic rings. The van der Waals surface area contributed by atoms with Crippen molar-refractivity contribution < 1.29 is 9.47 Å². The van der Waals surface area contributed by atoms with Gasteiger partial charge in [0.15, 0.2) is 11.5 Å². The number of hydrogen-bond donors (Lipinski definition) is 2. The number of nitrogens with two attached hydrogens (primary N) is 1. The van der Waals surface area contributed by atoms with Gasteiger partial charge in [-0.3, -0.25) is 11.3 Å². The second-order valence-corrected chi connectivity index (χ2v) is 4.72. The van der Waals surface area contributed by atoms with Crippen LogP contribution in [0.5, 0.6) is 11.5 Å². The predicted molar refractivity (Wildman–Crippen MR) is 67.0 cm³/mol. The first kappa shape index (κ1) is 12.2. The number of para-hydroxylation sites is 1. The molecule has 0 spiro atoms. The molecule has 1 unspecified atom stereocenters. The highest BCUT2D eigenvalue weighted by Gasteiger charge is 2.21. The summed E-state index contributed by atoms with van der Waals surface area (Å²) in [5.74, 6) is 7.86. The fourth-order valence-corrected chi connectivity index (χ4v) is 2.13. The van der Waals surface area contributed by atoms with Crippen LogP contribution in [0.2, 0.25) is 0 Å². The van der Waals surface area contributed by atoms with E-state index in [2.05, 4.69) is 19.3 Å². The van der Waals surface area contributed by atoms with E-state index in [-0.39, 0.29) is 6.04 Å². The average Bonchev–Trinajstić information content (AvgIpc) is 2.35. The quantitative estimate of drug-likeness (QED) is 0.620. The van der Waals surface area contributed by atoms with E-state index in [1.54, 1.807) is 0 Å².